The van der Waals surface area contributed by atoms with Crippen LogP contribution in [0.5, 0.6) is 11.5 Å². The number of ether oxygens (including phenoxy) is 1. The van der Waals surface area contributed by atoms with Crippen LogP contribution in [0.2, 0.25) is 0 Å². The van der Waals surface area contributed by atoms with Crippen molar-refractivity contribution in [2.45, 2.75) is 10.5 Å². The maximum absolute atomic E-state index is 13.2. The number of hydrogen-bond donors (Lipinski definition) is 2. The number of para-hydroxylation sites is 1. The predicted octanol–water partition coefficient (Wildman–Crippen LogP) is 3.76. The number of hydrogen-bond acceptors (Lipinski definition) is 9. The number of carbonyl (C=O) groups is 1. The molecule has 1 amide bonds. The van der Waals surface area contributed by atoms with Gasteiger partial charge >= 0.3 is 10.1 Å². The van der Waals surface area contributed by atoms with E-state index in [1.54, 1.807) is 60.7 Å². The van der Waals surface area contributed by atoms with E-state index in [0.717, 1.165) is 12.1 Å². The van der Waals surface area contributed by atoms with E-state index >= 15 is 0 Å². The maximum atomic E-state index is 13.2. The zero-order chi connectivity index (χ0) is 28.8. The van der Waals surface area contributed by atoms with Crippen molar-refractivity contribution < 1.29 is 32.2 Å². The summed E-state index contributed by atoms with van der Waals surface area (Å²) in [4.78, 5) is 23.1. The van der Waals surface area contributed by atoms with Gasteiger partial charge in [-0.05, 0) is 41.0 Å². The molecule has 0 saturated heterocycles. The summed E-state index contributed by atoms with van der Waals surface area (Å²) < 4.78 is 36.1. The number of rotatable bonds is 10. The van der Waals surface area contributed by atoms with Gasteiger partial charge in [-0.15, -0.1) is 0 Å². The lowest BCUT2D eigenvalue weighted by Crippen LogP contribution is -2.43. The number of amides is 1. The van der Waals surface area contributed by atoms with Gasteiger partial charge in [0.15, 0.2) is 22.0 Å². The summed E-state index contributed by atoms with van der Waals surface area (Å²) in [6.07, 6.45) is 1.21. The van der Waals surface area contributed by atoms with E-state index in [0.29, 0.717) is 11.1 Å². The van der Waals surface area contributed by atoms with Crippen molar-refractivity contribution in [3.05, 3.63) is 130 Å². The summed E-state index contributed by atoms with van der Waals surface area (Å²) in [5.74, 6) is -1.06. The first-order chi connectivity index (χ1) is 19.2. The van der Waals surface area contributed by atoms with Gasteiger partial charge in [-0.1, -0.05) is 72.8 Å². The van der Waals surface area contributed by atoms with Crippen molar-refractivity contribution in [2.24, 2.45) is 5.10 Å². The van der Waals surface area contributed by atoms with Crippen LogP contribution in [0.25, 0.3) is 0 Å². The Hall–Kier alpha value is -5.07. The van der Waals surface area contributed by atoms with Crippen LogP contribution in [-0.4, -0.2) is 37.7 Å². The van der Waals surface area contributed by atoms with Crippen molar-refractivity contribution >= 4 is 27.9 Å². The first-order valence-electron chi connectivity index (χ1n) is 11.7. The number of aliphatic hydroxyl groups is 1. The minimum absolute atomic E-state index is 0.0332. The van der Waals surface area contributed by atoms with Crippen molar-refractivity contribution in [1.82, 2.24) is 5.43 Å². The minimum Gasteiger partial charge on any atom is -0.493 e. The molecule has 0 fully saturated rings. The summed E-state index contributed by atoms with van der Waals surface area (Å²) in [5, 5.41) is 26.7. The topological polar surface area (TPSA) is 157 Å². The fourth-order valence-electron chi connectivity index (χ4n) is 3.86. The first kappa shape index (κ1) is 28.0. The van der Waals surface area contributed by atoms with Crippen molar-refractivity contribution in [2.75, 3.05) is 7.11 Å². The standard InChI is InChI=1S/C28H23N3O8S/c1-38-24-17-16-20(18-25(24)39-40(36,37)26-15-9-8-14-23(26)31(34)35)19-29-30-27(32)28(33,21-10-4-2-5-11-21)22-12-6-3-7-13-22/h2-19,33H,1H3,(H,30,32)/b29-19-. The lowest BCUT2D eigenvalue weighted by Gasteiger charge is -2.27. The Balaban J connectivity index is 1.60. The van der Waals surface area contributed by atoms with Crippen LogP contribution in [0.1, 0.15) is 16.7 Å². The first-order valence-corrected chi connectivity index (χ1v) is 13.1. The van der Waals surface area contributed by atoms with Crippen LogP contribution in [0.15, 0.2) is 113 Å². The van der Waals surface area contributed by atoms with Crippen LogP contribution < -0.4 is 14.3 Å². The summed E-state index contributed by atoms with van der Waals surface area (Å²) in [6.45, 7) is 0. The summed E-state index contributed by atoms with van der Waals surface area (Å²) in [7, 11) is -3.33. The van der Waals surface area contributed by atoms with Gasteiger partial charge in [0, 0.05) is 6.07 Å². The van der Waals surface area contributed by atoms with Gasteiger partial charge in [-0.25, -0.2) is 5.43 Å². The number of carbonyl (C=O) groups excluding carboxylic acids is 1. The average Bonchev–Trinajstić information content (AvgIpc) is 2.97. The molecule has 0 bridgehead atoms. The molecule has 2 N–H and O–H groups in total. The number of nitro groups is 1. The van der Waals surface area contributed by atoms with E-state index in [9.17, 15) is 28.4 Å². The Morgan fingerprint density at radius 2 is 1.50 bits per heavy atom. The second-order valence-corrected chi connectivity index (χ2v) is 9.83. The van der Waals surface area contributed by atoms with E-state index in [1.807, 2.05) is 0 Å². The summed E-state index contributed by atoms with van der Waals surface area (Å²) in [6, 6.07) is 25.7. The van der Waals surface area contributed by atoms with Gasteiger partial charge in [0.2, 0.25) is 0 Å². The molecular formula is C28H23N3O8S. The van der Waals surface area contributed by atoms with Crippen molar-refractivity contribution in [1.29, 1.82) is 0 Å². The Morgan fingerprint density at radius 3 is 2.08 bits per heavy atom. The molecule has 0 aliphatic heterocycles. The Morgan fingerprint density at radius 1 is 0.925 bits per heavy atom. The zero-order valence-electron chi connectivity index (χ0n) is 21.0. The van der Waals surface area contributed by atoms with E-state index < -0.39 is 37.1 Å². The molecule has 12 heteroatoms. The molecule has 0 aliphatic carbocycles. The molecule has 4 aromatic carbocycles. The van der Waals surface area contributed by atoms with Crippen LogP contribution >= 0.6 is 0 Å². The lowest BCUT2D eigenvalue weighted by atomic mass is 9.85. The minimum atomic E-state index is -4.62. The Kier molecular flexibility index (Phi) is 8.22. The third kappa shape index (κ3) is 5.82. The number of nitrogens with zero attached hydrogens (tertiary/aromatic N) is 2. The fraction of sp³-hybridized carbons (Fsp3) is 0.0714. The second-order valence-electron chi connectivity index (χ2n) is 8.31. The molecule has 0 heterocycles. The molecule has 0 aliphatic rings. The highest BCUT2D eigenvalue weighted by Crippen LogP contribution is 2.33. The molecule has 11 nitrogen and oxygen atoms in total. The molecule has 0 atom stereocenters. The molecule has 4 rings (SSSR count). The largest absolute Gasteiger partial charge is 0.493 e. The lowest BCUT2D eigenvalue weighted by molar-refractivity contribution is -0.387. The summed E-state index contributed by atoms with van der Waals surface area (Å²) >= 11 is 0. The van der Waals surface area contributed by atoms with Gasteiger partial charge in [-0.3, -0.25) is 14.9 Å². The highest BCUT2D eigenvalue weighted by atomic mass is 32.2. The monoisotopic (exact) mass is 561 g/mol. The molecule has 0 radical (unpaired) electrons. The van der Waals surface area contributed by atoms with E-state index in [-0.39, 0.29) is 17.1 Å². The van der Waals surface area contributed by atoms with Crippen molar-refractivity contribution in [3.63, 3.8) is 0 Å². The smallest absolute Gasteiger partial charge is 0.346 e. The van der Waals surface area contributed by atoms with Crippen molar-refractivity contribution in [3.8, 4) is 11.5 Å². The summed E-state index contributed by atoms with van der Waals surface area (Å²) in [5.41, 5.74) is 0.575. The second kappa shape index (κ2) is 11.8. The van der Waals surface area contributed by atoms with Crippen LogP contribution in [0.4, 0.5) is 5.69 Å². The highest BCUT2D eigenvalue weighted by Gasteiger charge is 2.39. The van der Waals surface area contributed by atoms with Crippen LogP contribution in [-0.2, 0) is 20.5 Å². The Labute approximate surface area is 229 Å². The van der Waals surface area contributed by atoms with Crippen LogP contribution in [0.3, 0.4) is 0 Å². The van der Waals surface area contributed by atoms with E-state index in [1.165, 1.54) is 43.7 Å². The highest BCUT2D eigenvalue weighted by molar-refractivity contribution is 7.87. The average molecular weight is 562 g/mol. The van der Waals surface area contributed by atoms with E-state index in [2.05, 4.69) is 10.5 Å². The van der Waals surface area contributed by atoms with Gasteiger partial charge in [0.25, 0.3) is 11.6 Å². The third-order valence-electron chi connectivity index (χ3n) is 5.81. The van der Waals surface area contributed by atoms with E-state index in [4.69, 9.17) is 8.92 Å². The van der Waals surface area contributed by atoms with Gasteiger partial charge in [-0.2, -0.15) is 13.5 Å². The molecule has 40 heavy (non-hydrogen) atoms. The molecular weight excluding hydrogens is 538 g/mol. The van der Waals surface area contributed by atoms with Gasteiger partial charge < -0.3 is 14.0 Å². The number of hydrazone groups is 1. The predicted molar refractivity (Wildman–Crippen MR) is 146 cm³/mol. The maximum Gasteiger partial charge on any atom is 0.346 e. The number of methoxy groups -OCH3 is 1. The molecule has 0 spiro atoms. The SMILES string of the molecule is COc1ccc(/C=N\NC(=O)C(O)(c2ccccc2)c2ccccc2)cc1OS(=O)(=O)c1ccccc1[N+](=O)[O-]. The molecule has 0 unspecified atom stereocenters. The zero-order valence-corrected chi connectivity index (χ0v) is 21.8. The molecule has 4 aromatic rings. The van der Waals surface area contributed by atoms with Gasteiger partial charge in [0.1, 0.15) is 0 Å². The number of nitro benzene ring substituents is 1. The molecule has 0 aromatic heterocycles. The third-order valence-corrected chi connectivity index (χ3v) is 7.09. The van der Waals surface area contributed by atoms with Gasteiger partial charge in [0.05, 0.1) is 18.2 Å². The Bertz CT molecular complexity index is 1620. The quantitative estimate of drug-likeness (QED) is 0.128. The number of benzene rings is 4. The number of nitrogens with one attached hydrogen (secondary N) is 1. The normalized spacial score (nSPS) is 11.7. The fourth-order valence-corrected chi connectivity index (χ4v) is 4.96. The molecule has 0 saturated carbocycles. The molecule has 204 valence electrons. The van der Waals surface area contributed by atoms with Crippen LogP contribution in [0, 0.1) is 10.1 Å².